The molecule has 0 saturated heterocycles. The molecule has 0 amide bonds. The zero-order chi connectivity index (χ0) is 11.4. The molecule has 5 heteroatoms. The molecule has 16 heavy (non-hydrogen) atoms. The fraction of sp³-hybridized carbons (Fsp3) is 0.182. The standard InChI is InChI=1S/C11H9N3S2/c1-8-13-14-11(16-8)15-7-10-4-2-3-9(5-10)6-12/h2-5H,7H2,1H3. The Balaban J connectivity index is 2.02. The number of nitriles is 1. The van der Waals surface area contributed by atoms with E-state index in [9.17, 15) is 0 Å². The molecule has 1 aromatic heterocycles. The van der Waals surface area contributed by atoms with Gasteiger partial charge >= 0.3 is 0 Å². The quantitative estimate of drug-likeness (QED) is 0.782. The molecule has 0 unspecified atom stereocenters. The smallest absolute Gasteiger partial charge is 0.174 e. The van der Waals surface area contributed by atoms with Crippen LogP contribution < -0.4 is 0 Å². The molecule has 0 spiro atoms. The van der Waals surface area contributed by atoms with E-state index in [2.05, 4.69) is 16.3 Å². The Kier molecular flexibility index (Phi) is 3.54. The Hall–Kier alpha value is -1.38. The molecule has 1 aromatic carbocycles. The lowest BCUT2D eigenvalue weighted by Crippen LogP contribution is -1.82. The van der Waals surface area contributed by atoms with Crippen molar-refractivity contribution in [1.29, 1.82) is 5.26 Å². The zero-order valence-corrected chi connectivity index (χ0v) is 10.3. The summed E-state index contributed by atoms with van der Waals surface area (Å²) in [6, 6.07) is 9.77. The number of aromatic nitrogens is 2. The molecule has 2 rings (SSSR count). The van der Waals surface area contributed by atoms with Gasteiger partial charge in [0.1, 0.15) is 5.01 Å². The second kappa shape index (κ2) is 5.10. The van der Waals surface area contributed by atoms with Gasteiger partial charge in [-0.05, 0) is 24.6 Å². The van der Waals surface area contributed by atoms with Crippen LogP contribution in [0.25, 0.3) is 0 Å². The molecule has 1 heterocycles. The number of hydrogen-bond acceptors (Lipinski definition) is 5. The summed E-state index contributed by atoms with van der Waals surface area (Å²) in [5.41, 5.74) is 1.84. The Morgan fingerprint density at radius 3 is 3.00 bits per heavy atom. The first-order valence-electron chi connectivity index (χ1n) is 4.70. The average molecular weight is 247 g/mol. The van der Waals surface area contributed by atoms with Crippen LogP contribution in [0.5, 0.6) is 0 Å². The minimum absolute atomic E-state index is 0.701. The normalized spacial score (nSPS) is 10.0. The predicted octanol–water partition coefficient (Wildman–Crippen LogP) is 3.01. The third kappa shape index (κ3) is 2.81. The van der Waals surface area contributed by atoms with Crippen LogP contribution in [0.2, 0.25) is 0 Å². The van der Waals surface area contributed by atoms with Crippen LogP contribution >= 0.6 is 23.1 Å². The van der Waals surface area contributed by atoms with Crippen LogP contribution in [0.1, 0.15) is 16.1 Å². The lowest BCUT2D eigenvalue weighted by Gasteiger charge is -1.98. The molecule has 2 aromatic rings. The summed E-state index contributed by atoms with van der Waals surface area (Å²) in [4.78, 5) is 0. The highest BCUT2D eigenvalue weighted by atomic mass is 32.2. The number of hydrogen-bond donors (Lipinski definition) is 0. The van der Waals surface area contributed by atoms with Gasteiger partial charge in [-0.2, -0.15) is 5.26 Å². The monoisotopic (exact) mass is 247 g/mol. The number of thioether (sulfide) groups is 1. The van der Waals surface area contributed by atoms with E-state index in [1.54, 1.807) is 23.1 Å². The van der Waals surface area contributed by atoms with Crippen molar-refractivity contribution in [1.82, 2.24) is 10.2 Å². The minimum atomic E-state index is 0.701. The summed E-state index contributed by atoms with van der Waals surface area (Å²) in [6.45, 7) is 1.94. The molecule has 0 atom stereocenters. The van der Waals surface area contributed by atoms with Gasteiger partial charge < -0.3 is 0 Å². The number of aryl methyl sites for hydroxylation is 1. The molecule has 0 N–H and O–H groups in total. The molecule has 0 aliphatic rings. The maximum absolute atomic E-state index is 8.77. The van der Waals surface area contributed by atoms with E-state index in [0.29, 0.717) is 5.56 Å². The van der Waals surface area contributed by atoms with Crippen molar-refractivity contribution in [2.24, 2.45) is 0 Å². The molecular formula is C11H9N3S2. The van der Waals surface area contributed by atoms with Crippen molar-refractivity contribution in [2.45, 2.75) is 17.0 Å². The molecule has 0 aliphatic heterocycles. The fourth-order valence-corrected chi connectivity index (χ4v) is 2.97. The first-order chi connectivity index (χ1) is 7.78. The van der Waals surface area contributed by atoms with E-state index in [1.165, 1.54) is 0 Å². The SMILES string of the molecule is Cc1nnc(SCc2cccc(C#N)c2)s1. The van der Waals surface area contributed by atoms with E-state index in [-0.39, 0.29) is 0 Å². The van der Waals surface area contributed by atoms with Gasteiger partial charge in [0.15, 0.2) is 4.34 Å². The Labute approximate surface area is 102 Å². The molecule has 0 fully saturated rings. The van der Waals surface area contributed by atoms with Gasteiger partial charge in [-0.25, -0.2) is 0 Å². The number of rotatable bonds is 3. The molecule has 0 bridgehead atoms. The fourth-order valence-electron chi connectivity index (χ4n) is 1.21. The molecule has 0 radical (unpaired) electrons. The van der Waals surface area contributed by atoms with Crippen LogP contribution in [0.3, 0.4) is 0 Å². The second-order valence-electron chi connectivity index (χ2n) is 3.19. The van der Waals surface area contributed by atoms with Crippen molar-refractivity contribution >= 4 is 23.1 Å². The summed E-state index contributed by atoms with van der Waals surface area (Å²) in [5, 5.41) is 17.8. The largest absolute Gasteiger partial charge is 0.192 e. The topological polar surface area (TPSA) is 49.6 Å². The van der Waals surface area contributed by atoms with Gasteiger partial charge in [0.2, 0.25) is 0 Å². The maximum atomic E-state index is 8.77. The first-order valence-corrected chi connectivity index (χ1v) is 6.50. The molecule has 0 saturated carbocycles. The van der Waals surface area contributed by atoms with Gasteiger partial charge in [0.25, 0.3) is 0 Å². The average Bonchev–Trinajstić information content (AvgIpc) is 2.73. The third-order valence-electron chi connectivity index (χ3n) is 1.93. The summed E-state index contributed by atoms with van der Waals surface area (Å²) in [7, 11) is 0. The highest BCUT2D eigenvalue weighted by molar-refractivity contribution is 8.00. The summed E-state index contributed by atoms with van der Waals surface area (Å²) in [6.07, 6.45) is 0. The van der Waals surface area contributed by atoms with Crippen LogP contribution in [-0.2, 0) is 5.75 Å². The second-order valence-corrected chi connectivity index (χ2v) is 5.59. The van der Waals surface area contributed by atoms with E-state index >= 15 is 0 Å². The molecule has 3 nitrogen and oxygen atoms in total. The van der Waals surface area contributed by atoms with Crippen LogP contribution in [0.15, 0.2) is 28.6 Å². The van der Waals surface area contributed by atoms with Crippen LogP contribution in [0.4, 0.5) is 0 Å². The summed E-state index contributed by atoms with van der Waals surface area (Å²) in [5.74, 6) is 0.824. The lowest BCUT2D eigenvalue weighted by molar-refractivity contribution is 0.983. The highest BCUT2D eigenvalue weighted by Gasteiger charge is 2.02. The van der Waals surface area contributed by atoms with Gasteiger partial charge in [0, 0.05) is 5.75 Å². The first kappa shape index (κ1) is 11.1. The van der Waals surface area contributed by atoms with E-state index in [0.717, 1.165) is 20.7 Å². The summed E-state index contributed by atoms with van der Waals surface area (Å²) < 4.78 is 0.972. The van der Waals surface area contributed by atoms with Gasteiger partial charge in [0.05, 0.1) is 11.6 Å². The van der Waals surface area contributed by atoms with Gasteiger partial charge in [-0.15, -0.1) is 10.2 Å². The lowest BCUT2D eigenvalue weighted by atomic mass is 10.2. The number of nitrogens with zero attached hydrogens (tertiary/aromatic N) is 3. The van der Waals surface area contributed by atoms with Gasteiger partial charge in [-0.3, -0.25) is 0 Å². The van der Waals surface area contributed by atoms with Crippen molar-refractivity contribution < 1.29 is 0 Å². The van der Waals surface area contributed by atoms with Crippen LogP contribution in [-0.4, -0.2) is 10.2 Å². The van der Waals surface area contributed by atoms with Crippen molar-refractivity contribution in [3.05, 3.63) is 40.4 Å². The maximum Gasteiger partial charge on any atom is 0.174 e. The van der Waals surface area contributed by atoms with E-state index in [4.69, 9.17) is 5.26 Å². The Bertz CT molecular complexity index is 528. The Morgan fingerprint density at radius 1 is 1.44 bits per heavy atom. The Morgan fingerprint density at radius 2 is 2.31 bits per heavy atom. The van der Waals surface area contributed by atoms with E-state index in [1.807, 2.05) is 31.2 Å². The molecule has 80 valence electrons. The number of benzene rings is 1. The van der Waals surface area contributed by atoms with Gasteiger partial charge in [-0.1, -0.05) is 35.2 Å². The van der Waals surface area contributed by atoms with Crippen LogP contribution in [0, 0.1) is 18.3 Å². The van der Waals surface area contributed by atoms with Crippen molar-refractivity contribution in [2.75, 3.05) is 0 Å². The molecular weight excluding hydrogens is 238 g/mol. The van der Waals surface area contributed by atoms with Crippen molar-refractivity contribution in [3.63, 3.8) is 0 Å². The third-order valence-corrected chi connectivity index (χ3v) is 3.97. The predicted molar refractivity (Wildman–Crippen MR) is 65.4 cm³/mol. The zero-order valence-electron chi connectivity index (χ0n) is 8.67. The summed E-state index contributed by atoms with van der Waals surface area (Å²) >= 11 is 3.24. The molecule has 0 aliphatic carbocycles. The highest BCUT2D eigenvalue weighted by Crippen LogP contribution is 2.25. The van der Waals surface area contributed by atoms with Crippen molar-refractivity contribution in [3.8, 4) is 6.07 Å². The van der Waals surface area contributed by atoms with E-state index < -0.39 is 0 Å². The minimum Gasteiger partial charge on any atom is -0.192 e.